The third kappa shape index (κ3) is 4.57. The van der Waals surface area contributed by atoms with Crippen LogP contribution in [0.15, 0.2) is 18.2 Å². The molecule has 18 heavy (non-hydrogen) atoms. The summed E-state index contributed by atoms with van der Waals surface area (Å²) in [7, 11) is 0. The van der Waals surface area contributed by atoms with Gasteiger partial charge in [0.1, 0.15) is 11.5 Å². The average Bonchev–Trinajstić information content (AvgIpc) is 2.39. The normalized spacial score (nSPS) is 12.2. The lowest BCUT2D eigenvalue weighted by Crippen LogP contribution is -2.21. The summed E-state index contributed by atoms with van der Waals surface area (Å²) in [6, 6.07) is 6.21. The number of hydrogen-bond acceptors (Lipinski definition) is 3. The lowest BCUT2D eigenvalue weighted by molar-refractivity contribution is 0.307. The first kappa shape index (κ1) is 14.8. The zero-order chi connectivity index (χ0) is 13.4. The second kappa shape index (κ2) is 7.98. The highest BCUT2D eigenvalue weighted by atomic mass is 16.5. The maximum Gasteiger partial charge on any atom is 0.126 e. The van der Waals surface area contributed by atoms with E-state index in [4.69, 9.17) is 15.2 Å². The molecule has 1 aromatic carbocycles. The smallest absolute Gasteiger partial charge is 0.126 e. The summed E-state index contributed by atoms with van der Waals surface area (Å²) in [5, 5.41) is 0. The van der Waals surface area contributed by atoms with Crippen molar-refractivity contribution in [3.8, 4) is 11.5 Å². The second-order valence-corrected chi connectivity index (χ2v) is 4.42. The predicted molar refractivity (Wildman–Crippen MR) is 75.4 cm³/mol. The Morgan fingerprint density at radius 3 is 2.56 bits per heavy atom. The standard InChI is InChI=1S/C15H25NO2/c1-4-9-18-14-8-7-12(10-13(16)5-2)15(11-14)17-6-3/h7-8,11,13H,4-6,9-10,16H2,1-3H3. The van der Waals surface area contributed by atoms with Gasteiger partial charge in [0.25, 0.3) is 0 Å². The van der Waals surface area contributed by atoms with Crippen molar-refractivity contribution >= 4 is 0 Å². The Kier molecular flexibility index (Phi) is 6.58. The van der Waals surface area contributed by atoms with E-state index >= 15 is 0 Å². The molecule has 3 heteroatoms. The fourth-order valence-corrected chi connectivity index (χ4v) is 1.73. The summed E-state index contributed by atoms with van der Waals surface area (Å²) in [4.78, 5) is 0. The summed E-state index contributed by atoms with van der Waals surface area (Å²) in [5.41, 5.74) is 7.16. The highest BCUT2D eigenvalue weighted by molar-refractivity contribution is 5.41. The van der Waals surface area contributed by atoms with Crippen LogP contribution in [-0.4, -0.2) is 19.3 Å². The van der Waals surface area contributed by atoms with Crippen molar-refractivity contribution in [3.63, 3.8) is 0 Å². The van der Waals surface area contributed by atoms with Crippen LogP contribution in [0.25, 0.3) is 0 Å². The summed E-state index contributed by atoms with van der Waals surface area (Å²) in [5.74, 6) is 1.77. The average molecular weight is 251 g/mol. The Labute approximate surface area is 110 Å². The van der Waals surface area contributed by atoms with E-state index in [0.29, 0.717) is 6.61 Å². The van der Waals surface area contributed by atoms with Crippen molar-refractivity contribution in [1.29, 1.82) is 0 Å². The van der Waals surface area contributed by atoms with Crippen molar-refractivity contribution < 1.29 is 9.47 Å². The molecule has 0 aliphatic rings. The largest absolute Gasteiger partial charge is 0.493 e. The molecule has 0 aliphatic carbocycles. The maximum atomic E-state index is 6.00. The van der Waals surface area contributed by atoms with E-state index in [9.17, 15) is 0 Å². The summed E-state index contributed by atoms with van der Waals surface area (Å²) in [6.07, 6.45) is 2.83. The van der Waals surface area contributed by atoms with Gasteiger partial charge in [0, 0.05) is 12.1 Å². The molecule has 0 bridgehead atoms. The zero-order valence-electron chi connectivity index (χ0n) is 11.7. The molecule has 0 aromatic heterocycles. The summed E-state index contributed by atoms with van der Waals surface area (Å²) >= 11 is 0. The van der Waals surface area contributed by atoms with Gasteiger partial charge >= 0.3 is 0 Å². The lowest BCUT2D eigenvalue weighted by Gasteiger charge is -2.15. The van der Waals surface area contributed by atoms with Crippen LogP contribution in [0.1, 0.15) is 39.2 Å². The van der Waals surface area contributed by atoms with Crippen molar-refractivity contribution in [1.82, 2.24) is 0 Å². The van der Waals surface area contributed by atoms with Gasteiger partial charge in [-0.3, -0.25) is 0 Å². The fourth-order valence-electron chi connectivity index (χ4n) is 1.73. The van der Waals surface area contributed by atoms with Gasteiger partial charge in [-0.1, -0.05) is 19.9 Å². The zero-order valence-corrected chi connectivity index (χ0v) is 11.7. The molecular weight excluding hydrogens is 226 g/mol. The van der Waals surface area contributed by atoms with Crippen molar-refractivity contribution in [2.45, 2.75) is 46.1 Å². The molecule has 0 amide bonds. The molecule has 0 saturated carbocycles. The Hall–Kier alpha value is -1.22. The van der Waals surface area contributed by atoms with Crippen LogP contribution in [0.2, 0.25) is 0 Å². The maximum absolute atomic E-state index is 6.00. The minimum absolute atomic E-state index is 0.187. The first-order valence-electron chi connectivity index (χ1n) is 6.85. The Morgan fingerprint density at radius 1 is 1.17 bits per heavy atom. The van der Waals surface area contributed by atoms with Gasteiger partial charge in [0.15, 0.2) is 0 Å². The van der Waals surface area contributed by atoms with Crippen LogP contribution in [0, 0.1) is 0 Å². The molecule has 0 aliphatic heterocycles. The van der Waals surface area contributed by atoms with Gasteiger partial charge in [0.05, 0.1) is 13.2 Å². The highest BCUT2D eigenvalue weighted by Crippen LogP contribution is 2.26. The molecular formula is C15H25NO2. The molecule has 1 rings (SSSR count). The van der Waals surface area contributed by atoms with Crippen LogP contribution >= 0.6 is 0 Å². The third-order valence-corrected chi connectivity index (χ3v) is 2.82. The summed E-state index contributed by atoms with van der Waals surface area (Å²) in [6.45, 7) is 7.58. The highest BCUT2D eigenvalue weighted by Gasteiger charge is 2.09. The minimum Gasteiger partial charge on any atom is -0.493 e. The van der Waals surface area contributed by atoms with Crippen LogP contribution in [0.5, 0.6) is 11.5 Å². The van der Waals surface area contributed by atoms with Gasteiger partial charge in [-0.15, -0.1) is 0 Å². The van der Waals surface area contributed by atoms with Crippen molar-refractivity contribution in [2.75, 3.05) is 13.2 Å². The molecule has 0 heterocycles. The number of hydrogen-bond donors (Lipinski definition) is 1. The number of benzene rings is 1. The third-order valence-electron chi connectivity index (χ3n) is 2.82. The van der Waals surface area contributed by atoms with Crippen LogP contribution < -0.4 is 15.2 Å². The molecule has 0 saturated heterocycles. The van der Waals surface area contributed by atoms with Gasteiger partial charge in [-0.25, -0.2) is 0 Å². The van der Waals surface area contributed by atoms with Crippen molar-refractivity contribution in [2.24, 2.45) is 5.73 Å². The minimum atomic E-state index is 0.187. The molecule has 1 atom stereocenters. The quantitative estimate of drug-likeness (QED) is 0.772. The Morgan fingerprint density at radius 2 is 1.94 bits per heavy atom. The van der Waals surface area contributed by atoms with E-state index in [-0.39, 0.29) is 6.04 Å². The molecule has 0 spiro atoms. The molecule has 102 valence electrons. The molecule has 1 aromatic rings. The molecule has 2 N–H and O–H groups in total. The van der Waals surface area contributed by atoms with E-state index in [2.05, 4.69) is 19.9 Å². The molecule has 3 nitrogen and oxygen atoms in total. The Bertz CT molecular complexity index is 352. The van der Waals surface area contributed by atoms with E-state index in [0.717, 1.165) is 42.9 Å². The SMILES string of the molecule is CCCOc1ccc(CC(N)CC)c(OCC)c1. The van der Waals surface area contributed by atoms with Crippen LogP contribution in [-0.2, 0) is 6.42 Å². The monoisotopic (exact) mass is 251 g/mol. The summed E-state index contributed by atoms with van der Waals surface area (Å²) < 4.78 is 11.3. The van der Waals surface area contributed by atoms with Crippen LogP contribution in [0.3, 0.4) is 0 Å². The predicted octanol–water partition coefficient (Wildman–Crippen LogP) is 3.15. The number of rotatable bonds is 8. The van der Waals surface area contributed by atoms with Crippen molar-refractivity contribution in [3.05, 3.63) is 23.8 Å². The van der Waals surface area contributed by atoms with E-state index in [1.165, 1.54) is 0 Å². The second-order valence-electron chi connectivity index (χ2n) is 4.42. The van der Waals surface area contributed by atoms with Gasteiger partial charge in [0.2, 0.25) is 0 Å². The fraction of sp³-hybridized carbons (Fsp3) is 0.600. The number of nitrogens with two attached hydrogens (primary N) is 1. The van der Waals surface area contributed by atoms with Crippen LogP contribution in [0.4, 0.5) is 0 Å². The number of ether oxygens (including phenoxy) is 2. The lowest BCUT2D eigenvalue weighted by atomic mass is 10.0. The molecule has 0 fully saturated rings. The van der Waals surface area contributed by atoms with E-state index < -0.39 is 0 Å². The first-order valence-corrected chi connectivity index (χ1v) is 6.85. The van der Waals surface area contributed by atoms with E-state index in [1.54, 1.807) is 0 Å². The topological polar surface area (TPSA) is 44.5 Å². The van der Waals surface area contributed by atoms with E-state index in [1.807, 2.05) is 19.1 Å². The van der Waals surface area contributed by atoms with Gasteiger partial charge in [-0.05, 0) is 37.8 Å². The Balaban J connectivity index is 2.82. The van der Waals surface area contributed by atoms with Gasteiger partial charge in [-0.2, -0.15) is 0 Å². The molecule has 0 radical (unpaired) electrons. The van der Waals surface area contributed by atoms with Gasteiger partial charge < -0.3 is 15.2 Å². The first-order chi connectivity index (χ1) is 8.71. The molecule has 1 unspecified atom stereocenters.